The van der Waals surface area contributed by atoms with Crippen LogP contribution in [0.5, 0.6) is 17.2 Å². The van der Waals surface area contributed by atoms with Crippen molar-refractivity contribution < 1.29 is 76.4 Å². The molecule has 0 N–H and O–H groups in total. The number of hydrogen-bond acceptors (Lipinski definition) is 19. The highest BCUT2D eigenvalue weighted by Gasteiger charge is 2.54. The largest absolute Gasteiger partial charge is 0.519 e. The summed E-state index contributed by atoms with van der Waals surface area (Å²) in [6.45, 7) is 8.31. The van der Waals surface area contributed by atoms with Crippen LogP contribution in [0.1, 0.15) is 81.0 Å². The van der Waals surface area contributed by atoms with Crippen LogP contribution in [0.15, 0.2) is 47.2 Å². The summed E-state index contributed by atoms with van der Waals surface area (Å²) in [5.41, 5.74) is 4.16. The van der Waals surface area contributed by atoms with Crippen LogP contribution in [0.4, 0.5) is 21.9 Å². The molecule has 1 fully saturated rings. The van der Waals surface area contributed by atoms with Crippen LogP contribution < -0.4 is 24.0 Å². The SMILES string of the molecule is CC(=O)OC[C@H]1O[C@@H](Oc2cc3c(c4c(C)csc24)[C@H](CCl)CN3C(=O)CCCC(=O)N2C[C@@H](CCl)c3c2cc(OC(=O)Oc2ccc([N+](=O)[O-])cc2)c2scc(C)c32)[C@H](OC(C)=O)[C@@H](OC(C)=O)[C@@H]1OC(C)=O. The second-order valence-electron chi connectivity index (χ2n) is 17.8. The first-order chi connectivity index (χ1) is 35.3. The fourth-order valence-corrected chi connectivity index (χ4v) is 12.2. The number of nitrogens with zero attached hydrogens (tertiary/aromatic N) is 3. The van der Waals surface area contributed by atoms with Crippen LogP contribution in [0.25, 0.3) is 20.2 Å². The molecule has 0 saturated carbocycles. The molecule has 392 valence electrons. The smallest absolute Gasteiger partial charge is 0.463 e. The van der Waals surface area contributed by atoms with Crippen LogP contribution in [0.2, 0.25) is 0 Å². The number of amides is 2. The lowest BCUT2D eigenvalue weighted by molar-refractivity contribution is -0.384. The van der Waals surface area contributed by atoms with E-state index < -0.39 is 72.3 Å². The quantitative estimate of drug-likeness (QED) is 0.0224. The van der Waals surface area contributed by atoms with Crippen molar-refractivity contribution in [2.24, 2.45) is 0 Å². The number of non-ortho nitro benzene ring substituents is 1. The fourth-order valence-electron chi connectivity index (χ4n) is 9.60. The lowest BCUT2D eigenvalue weighted by Gasteiger charge is -2.44. The number of anilines is 2. The number of aryl methyl sites for hydroxylation is 2. The number of halogens is 2. The van der Waals surface area contributed by atoms with Crippen molar-refractivity contribution in [2.75, 3.05) is 41.3 Å². The number of nitro benzene ring substituents is 1. The number of carbonyl (C=O) groups excluding carboxylic acids is 7. The number of carbonyl (C=O) groups is 7. The molecule has 0 bridgehead atoms. The van der Waals surface area contributed by atoms with Crippen molar-refractivity contribution in [2.45, 2.75) is 103 Å². The van der Waals surface area contributed by atoms with Gasteiger partial charge in [0.2, 0.25) is 24.2 Å². The number of alkyl halides is 2. The zero-order valence-electron chi connectivity index (χ0n) is 40.7. The molecule has 24 heteroatoms. The van der Waals surface area contributed by atoms with E-state index in [0.717, 1.165) is 53.8 Å². The van der Waals surface area contributed by atoms with Crippen molar-refractivity contribution in [1.29, 1.82) is 0 Å². The average Bonchev–Trinajstić information content (AvgIpc) is 4.12. The Labute approximate surface area is 440 Å². The fraction of sp³-hybridized carbons (Fsp3) is 0.420. The molecule has 1 saturated heterocycles. The average molecular weight is 1100 g/mol. The highest BCUT2D eigenvalue weighted by atomic mass is 35.5. The first-order valence-corrected chi connectivity index (χ1v) is 26.0. The molecule has 8 rings (SSSR count). The van der Waals surface area contributed by atoms with E-state index in [1.165, 1.54) is 53.9 Å². The molecular weight excluding hydrogens is 1050 g/mol. The minimum atomic E-state index is -1.55. The molecule has 0 spiro atoms. The second kappa shape index (κ2) is 22.5. The molecule has 0 radical (unpaired) electrons. The highest BCUT2D eigenvalue weighted by Crippen LogP contribution is 2.51. The maximum Gasteiger partial charge on any atom is 0.519 e. The van der Waals surface area contributed by atoms with Crippen LogP contribution >= 0.6 is 45.9 Å². The van der Waals surface area contributed by atoms with Crippen molar-refractivity contribution in [3.8, 4) is 17.2 Å². The van der Waals surface area contributed by atoms with E-state index in [0.29, 0.717) is 20.8 Å². The molecule has 0 aliphatic carbocycles. The molecule has 5 aromatic rings. The predicted molar refractivity (Wildman–Crippen MR) is 271 cm³/mol. The first kappa shape index (κ1) is 53.7. The van der Waals surface area contributed by atoms with Crippen LogP contribution in [-0.2, 0) is 52.5 Å². The second-order valence-corrected chi connectivity index (χ2v) is 20.2. The monoisotopic (exact) mass is 1100 g/mol. The molecule has 0 unspecified atom stereocenters. The minimum Gasteiger partial charge on any atom is -0.463 e. The molecule has 74 heavy (non-hydrogen) atoms. The van der Waals surface area contributed by atoms with E-state index in [-0.39, 0.29) is 90.7 Å². The number of rotatable bonds is 16. The third kappa shape index (κ3) is 11.1. The number of thiophene rings is 2. The standard InChI is InChI=1S/C50H49Cl2N3O17S2/c1-23-21-73-47-35(70-49-46(68-28(6)59)45(67-27(5)58)44(66-26(4)57)37(71-49)20-65-25(3)56)14-33-42(40(23)47)29(16-51)18-53(33)38(60)8-7-9-39(61)54-19-30(17-52)43-34(54)15-36(48-41(43)24(2)22-74-48)72-50(62)69-32-12-10-31(11-13-32)55(63)64/h10-15,21-22,29-30,37,44-46,49H,7-9,16-20H2,1-6H3/t29-,30-,37-,44-,45+,46-,49-/m1/s1. The molecule has 5 heterocycles. The van der Waals surface area contributed by atoms with Gasteiger partial charge in [0, 0.05) is 112 Å². The van der Waals surface area contributed by atoms with Crippen molar-refractivity contribution >= 4 is 125 Å². The van der Waals surface area contributed by atoms with Gasteiger partial charge in [0.25, 0.3) is 5.69 Å². The summed E-state index contributed by atoms with van der Waals surface area (Å²) in [5, 5.41) is 16.5. The third-order valence-corrected chi connectivity index (χ3v) is 15.6. The zero-order valence-corrected chi connectivity index (χ0v) is 43.8. The van der Waals surface area contributed by atoms with Gasteiger partial charge >= 0.3 is 30.0 Å². The number of hydrogen-bond donors (Lipinski definition) is 0. The lowest BCUT2D eigenvalue weighted by atomic mass is 9.96. The van der Waals surface area contributed by atoms with Gasteiger partial charge in [0.1, 0.15) is 24.2 Å². The molecule has 3 aliphatic heterocycles. The van der Waals surface area contributed by atoms with Gasteiger partial charge in [-0.2, -0.15) is 0 Å². The minimum absolute atomic E-state index is 0.0244. The Hall–Kier alpha value is -6.59. The van der Waals surface area contributed by atoms with E-state index in [1.54, 1.807) is 21.9 Å². The van der Waals surface area contributed by atoms with Crippen molar-refractivity contribution in [1.82, 2.24) is 0 Å². The number of fused-ring (bicyclic) bond motifs is 6. The predicted octanol–water partition coefficient (Wildman–Crippen LogP) is 8.89. The van der Waals surface area contributed by atoms with Gasteiger partial charge < -0.3 is 47.7 Å². The van der Waals surface area contributed by atoms with E-state index in [1.807, 2.05) is 24.6 Å². The van der Waals surface area contributed by atoms with Gasteiger partial charge in [0.15, 0.2) is 18.0 Å². The third-order valence-electron chi connectivity index (χ3n) is 12.6. The highest BCUT2D eigenvalue weighted by molar-refractivity contribution is 7.18. The maximum atomic E-state index is 14.4. The first-order valence-electron chi connectivity index (χ1n) is 23.2. The number of esters is 4. The Bertz CT molecular complexity index is 3070. The molecule has 20 nitrogen and oxygen atoms in total. The number of nitro groups is 1. The summed E-state index contributed by atoms with van der Waals surface area (Å²) in [6, 6.07) is 8.18. The summed E-state index contributed by atoms with van der Waals surface area (Å²) < 4.78 is 47.2. The lowest BCUT2D eigenvalue weighted by Crippen LogP contribution is -2.63. The summed E-state index contributed by atoms with van der Waals surface area (Å²) in [6.07, 6.45) is -8.27. The number of benzene rings is 3. The van der Waals surface area contributed by atoms with E-state index in [4.69, 9.17) is 61.1 Å². The summed E-state index contributed by atoms with van der Waals surface area (Å²) in [4.78, 5) is 105. The van der Waals surface area contributed by atoms with Crippen LogP contribution in [0.3, 0.4) is 0 Å². The molecule has 3 aromatic carbocycles. The molecule has 3 aliphatic rings. The van der Waals surface area contributed by atoms with Crippen LogP contribution in [-0.4, -0.2) is 109 Å². The normalized spacial score (nSPS) is 20.9. The van der Waals surface area contributed by atoms with Crippen molar-refractivity contribution in [3.05, 3.63) is 79.5 Å². The van der Waals surface area contributed by atoms with Gasteiger partial charge in [-0.05, 0) is 65.4 Å². The zero-order chi connectivity index (χ0) is 53.3. The molecule has 2 aromatic heterocycles. The van der Waals surface area contributed by atoms with Gasteiger partial charge in [0.05, 0.1) is 25.7 Å². The Morgan fingerprint density at radius 3 is 1.70 bits per heavy atom. The van der Waals surface area contributed by atoms with Gasteiger partial charge in [-0.15, -0.1) is 45.9 Å². The molecular formula is C50H49Cl2N3O17S2. The molecule has 2 amide bonds. The van der Waals surface area contributed by atoms with Gasteiger partial charge in [-0.1, -0.05) is 0 Å². The van der Waals surface area contributed by atoms with Gasteiger partial charge in [-0.3, -0.25) is 38.9 Å². The molecule has 7 atom stereocenters. The summed E-state index contributed by atoms with van der Waals surface area (Å²) in [7, 11) is 0. The maximum absolute atomic E-state index is 14.4. The van der Waals surface area contributed by atoms with Crippen molar-refractivity contribution in [3.63, 3.8) is 0 Å². The Morgan fingerprint density at radius 1 is 0.703 bits per heavy atom. The Balaban J connectivity index is 1.04. The summed E-state index contributed by atoms with van der Waals surface area (Å²) >= 11 is 15.8. The van der Waals surface area contributed by atoms with E-state index in [9.17, 15) is 43.7 Å². The van der Waals surface area contributed by atoms with Gasteiger partial charge in [-0.25, -0.2) is 4.79 Å². The van der Waals surface area contributed by atoms with E-state index >= 15 is 0 Å². The summed E-state index contributed by atoms with van der Waals surface area (Å²) in [5.74, 6) is -3.55. The topological polar surface area (TPSA) is 243 Å². The Morgan fingerprint density at radius 2 is 1.20 bits per heavy atom. The van der Waals surface area contributed by atoms with E-state index in [2.05, 4.69) is 0 Å². The van der Waals surface area contributed by atoms with Crippen LogP contribution in [0, 0.1) is 24.0 Å². The Kier molecular flexibility index (Phi) is 16.3. The number of ether oxygens (including phenoxy) is 8.